The van der Waals surface area contributed by atoms with Gasteiger partial charge in [-0.3, -0.25) is 9.52 Å². The summed E-state index contributed by atoms with van der Waals surface area (Å²) < 4.78 is 31.6. The molecule has 0 aliphatic carbocycles. The summed E-state index contributed by atoms with van der Waals surface area (Å²) in [5.41, 5.74) is 4.96. The number of H-pyrrole nitrogens is 1. The summed E-state index contributed by atoms with van der Waals surface area (Å²) in [7, 11) is -3.83. The normalized spacial score (nSPS) is 11.5. The highest BCUT2D eigenvalue weighted by Gasteiger charge is 2.21. The first-order valence-corrected chi connectivity index (χ1v) is 6.78. The van der Waals surface area contributed by atoms with Crippen molar-refractivity contribution >= 4 is 15.8 Å². The molecule has 9 heteroatoms. The van der Waals surface area contributed by atoms with Crippen LogP contribution in [0, 0.1) is 6.92 Å². The van der Waals surface area contributed by atoms with Crippen LogP contribution in [-0.2, 0) is 16.6 Å². The fraction of sp³-hybridized carbons (Fsp3) is 0.200. The first kappa shape index (κ1) is 13.3. The zero-order valence-electron chi connectivity index (χ0n) is 10.0. The molecule has 2 rings (SSSR count). The van der Waals surface area contributed by atoms with Crippen molar-refractivity contribution in [2.24, 2.45) is 5.73 Å². The van der Waals surface area contributed by atoms with Crippen LogP contribution in [0.4, 0.5) is 5.82 Å². The number of aromatic amines is 1. The van der Waals surface area contributed by atoms with Crippen molar-refractivity contribution in [3.63, 3.8) is 0 Å². The van der Waals surface area contributed by atoms with Gasteiger partial charge in [-0.15, -0.1) is 0 Å². The van der Waals surface area contributed by atoms with Gasteiger partial charge in [-0.1, -0.05) is 0 Å². The molecule has 2 aromatic rings. The number of aromatic nitrogens is 2. The summed E-state index contributed by atoms with van der Waals surface area (Å²) in [6.07, 6.45) is 0. The van der Waals surface area contributed by atoms with E-state index < -0.39 is 15.6 Å². The van der Waals surface area contributed by atoms with Crippen molar-refractivity contribution in [2.45, 2.75) is 18.4 Å². The Morgan fingerprint density at radius 1 is 1.47 bits per heavy atom. The molecule has 0 unspecified atom stereocenters. The molecule has 0 saturated heterocycles. The molecule has 0 saturated carbocycles. The Bertz CT molecular complexity index is 727. The average Bonchev–Trinajstić information content (AvgIpc) is 2.74. The van der Waals surface area contributed by atoms with Gasteiger partial charge in [0.1, 0.15) is 16.4 Å². The molecular formula is C10H12N4O4S. The van der Waals surface area contributed by atoms with Gasteiger partial charge in [0.15, 0.2) is 5.82 Å². The highest BCUT2D eigenvalue weighted by atomic mass is 32.2. The predicted molar refractivity (Wildman–Crippen MR) is 67.0 cm³/mol. The van der Waals surface area contributed by atoms with Gasteiger partial charge in [0.25, 0.3) is 15.6 Å². The lowest BCUT2D eigenvalue weighted by Gasteiger charge is -2.04. The van der Waals surface area contributed by atoms with Crippen molar-refractivity contribution in [2.75, 3.05) is 4.72 Å². The van der Waals surface area contributed by atoms with E-state index in [-0.39, 0.29) is 23.0 Å². The molecule has 2 aromatic heterocycles. The van der Waals surface area contributed by atoms with Gasteiger partial charge in [-0.05, 0) is 13.0 Å². The molecule has 0 amide bonds. The van der Waals surface area contributed by atoms with Crippen LogP contribution in [0.15, 0.2) is 32.3 Å². The predicted octanol–water partition coefficient (Wildman–Crippen LogP) is -0.0692. The fourth-order valence-electron chi connectivity index (χ4n) is 1.49. The first-order valence-electron chi connectivity index (χ1n) is 5.30. The van der Waals surface area contributed by atoms with E-state index in [2.05, 4.69) is 14.9 Å². The minimum atomic E-state index is -3.83. The third-order valence-corrected chi connectivity index (χ3v) is 3.79. The quantitative estimate of drug-likeness (QED) is 0.720. The highest BCUT2D eigenvalue weighted by Crippen LogP contribution is 2.21. The van der Waals surface area contributed by atoms with E-state index in [0.29, 0.717) is 5.76 Å². The van der Waals surface area contributed by atoms with E-state index in [4.69, 9.17) is 10.2 Å². The van der Waals surface area contributed by atoms with Gasteiger partial charge >= 0.3 is 0 Å². The largest absolute Gasteiger partial charge is 0.464 e. The van der Waals surface area contributed by atoms with Crippen molar-refractivity contribution < 1.29 is 12.8 Å². The lowest BCUT2D eigenvalue weighted by Crippen LogP contribution is -2.16. The summed E-state index contributed by atoms with van der Waals surface area (Å²) >= 11 is 0. The summed E-state index contributed by atoms with van der Waals surface area (Å²) in [6, 6.07) is 3.78. The van der Waals surface area contributed by atoms with Crippen LogP contribution in [0.1, 0.15) is 11.5 Å². The molecule has 0 aliphatic heterocycles. The lowest BCUT2D eigenvalue weighted by molar-refractivity contribution is 0.479. The first-order chi connectivity index (χ1) is 8.92. The monoisotopic (exact) mass is 284 g/mol. The molecule has 102 valence electrons. The van der Waals surface area contributed by atoms with Gasteiger partial charge in [0, 0.05) is 12.1 Å². The van der Waals surface area contributed by atoms with Crippen molar-refractivity contribution in [1.82, 2.24) is 10.2 Å². The van der Waals surface area contributed by atoms with Crippen LogP contribution in [0.2, 0.25) is 0 Å². The molecule has 0 radical (unpaired) electrons. The highest BCUT2D eigenvalue weighted by molar-refractivity contribution is 7.92. The van der Waals surface area contributed by atoms with E-state index >= 15 is 0 Å². The number of aryl methyl sites for hydroxylation is 1. The Kier molecular flexibility index (Phi) is 3.40. The van der Waals surface area contributed by atoms with Gasteiger partial charge < -0.3 is 10.2 Å². The van der Waals surface area contributed by atoms with Crippen LogP contribution in [-0.4, -0.2) is 18.6 Å². The number of hydrogen-bond donors (Lipinski definition) is 3. The van der Waals surface area contributed by atoms with E-state index in [1.165, 1.54) is 25.1 Å². The third-order valence-electron chi connectivity index (χ3n) is 2.33. The standard InChI is InChI=1S/C10H12N4O4S/c1-6-8(4-7(5-11)18-6)19(16,17)14-9-2-3-10(15)13-12-9/h2-4H,5,11H2,1H3,(H,12,14)(H,13,15). The Morgan fingerprint density at radius 3 is 2.74 bits per heavy atom. The minimum absolute atomic E-state index is 0.00879. The van der Waals surface area contributed by atoms with Crippen molar-refractivity contribution in [3.05, 3.63) is 40.1 Å². The van der Waals surface area contributed by atoms with Crippen LogP contribution >= 0.6 is 0 Å². The smallest absolute Gasteiger partial charge is 0.266 e. The number of nitrogens with one attached hydrogen (secondary N) is 2. The van der Waals surface area contributed by atoms with Crippen molar-refractivity contribution in [3.8, 4) is 0 Å². The van der Waals surface area contributed by atoms with Crippen LogP contribution in [0.3, 0.4) is 0 Å². The van der Waals surface area contributed by atoms with Gasteiger partial charge in [0.05, 0.1) is 6.54 Å². The molecule has 2 heterocycles. The van der Waals surface area contributed by atoms with Gasteiger partial charge in [-0.25, -0.2) is 13.5 Å². The van der Waals surface area contributed by atoms with E-state index in [1.807, 2.05) is 0 Å². The summed E-state index contributed by atoms with van der Waals surface area (Å²) in [4.78, 5) is 10.8. The molecular weight excluding hydrogens is 272 g/mol. The molecule has 19 heavy (non-hydrogen) atoms. The summed E-state index contributed by atoms with van der Waals surface area (Å²) in [5, 5.41) is 5.69. The lowest BCUT2D eigenvalue weighted by atomic mass is 10.4. The maximum Gasteiger partial charge on any atom is 0.266 e. The van der Waals surface area contributed by atoms with Crippen LogP contribution < -0.4 is 16.0 Å². The molecule has 0 aliphatic rings. The number of nitrogens with zero attached hydrogens (tertiary/aromatic N) is 1. The SMILES string of the molecule is Cc1oc(CN)cc1S(=O)(=O)Nc1ccc(=O)[nH]n1. The summed E-state index contributed by atoms with van der Waals surface area (Å²) in [6.45, 7) is 1.63. The third kappa shape index (κ3) is 2.83. The van der Waals surface area contributed by atoms with E-state index in [9.17, 15) is 13.2 Å². The molecule has 8 nitrogen and oxygen atoms in total. The Labute approximate surface area is 108 Å². The maximum atomic E-state index is 12.1. The number of anilines is 1. The van der Waals surface area contributed by atoms with Crippen LogP contribution in [0.25, 0.3) is 0 Å². The minimum Gasteiger partial charge on any atom is -0.464 e. The average molecular weight is 284 g/mol. The molecule has 0 fully saturated rings. The zero-order valence-corrected chi connectivity index (χ0v) is 10.8. The maximum absolute atomic E-state index is 12.1. The number of rotatable bonds is 4. The molecule has 0 spiro atoms. The number of furan rings is 1. The van der Waals surface area contributed by atoms with E-state index in [0.717, 1.165) is 0 Å². The second-order valence-corrected chi connectivity index (χ2v) is 5.40. The zero-order chi connectivity index (χ0) is 14.0. The topological polar surface area (TPSA) is 131 Å². The molecule has 0 aromatic carbocycles. The number of hydrogen-bond acceptors (Lipinski definition) is 6. The number of sulfonamides is 1. The Hall–Kier alpha value is -2.13. The van der Waals surface area contributed by atoms with Gasteiger partial charge in [0.2, 0.25) is 0 Å². The second kappa shape index (κ2) is 4.86. The van der Waals surface area contributed by atoms with Crippen molar-refractivity contribution in [1.29, 1.82) is 0 Å². The molecule has 4 N–H and O–H groups in total. The van der Waals surface area contributed by atoms with Crippen LogP contribution in [0.5, 0.6) is 0 Å². The Morgan fingerprint density at radius 2 is 2.21 bits per heavy atom. The van der Waals surface area contributed by atoms with E-state index in [1.54, 1.807) is 0 Å². The number of nitrogens with two attached hydrogens (primary N) is 1. The fourth-order valence-corrected chi connectivity index (χ4v) is 2.69. The molecule has 0 atom stereocenters. The molecule has 0 bridgehead atoms. The second-order valence-electron chi connectivity index (χ2n) is 3.75. The summed E-state index contributed by atoms with van der Waals surface area (Å²) in [5.74, 6) is 0.610. The van der Waals surface area contributed by atoms with Gasteiger partial charge in [-0.2, -0.15) is 5.10 Å². The Balaban J connectivity index is 2.34.